The number of rotatable bonds is 9. The minimum Gasteiger partial charge on any atom is -0.507 e. The minimum absolute atomic E-state index is 0.00553. The standard InChI is InChI=1S/C31H26ClN3O4S2/c1-4-15-39-23-13-9-21(10-14-23)26-25(27(36)24-16-18(2)5-6-19(24)3)28(37)29(38)35(26)30-33-34-31(41-30)40-17-20-7-11-22(32)12-8-20/h4-14,16,26,36H,1,15,17H2,2-3H3/b27-25+. The van der Waals surface area contributed by atoms with Crippen LogP contribution in [0, 0.1) is 13.8 Å². The second-order valence-electron chi connectivity index (χ2n) is 9.42. The average molecular weight is 604 g/mol. The molecule has 0 spiro atoms. The Balaban J connectivity index is 1.55. The molecule has 1 fully saturated rings. The zero-order valence-corrected chi connectivity index (χ0v) is 24.7. The van der Waals surface area contributed by atoms with Gasteiger partial charge >= 0.3 is 5.91 Å². The molecule has 0 aliphatic carbocycles. The van der Waals surface area contributed by atoms with E-state index in [0.29, 0.717) is 38.6 Å². The third kappa shape index (κ3) is 6.07. The van der Waals surface area contributed by atoms with Crippen molar-refractivity contribution in [3.63, 3.8) is 0 Å². The molecule has 1 atom stereocenters. The van der Waals surface area contributed by atoms with E-state index in [1.54, 1.807) is 36.4 Å². The van der Waals surface area contributed by atoms with Gasteiger partial charge in [0.15, 0.2) is 4.34 Å². The highest BCUT2D eigenvalue weighted by Gasteiger charge is 2.48. The lowest BCUT2D eigenvalue weighted by molar-refractivity contribution is -0.132. The molecule has 2 heterocycles. The topological polar surface area (TPSA) is 92.6 Å². The Bertz CT molecular complexity index is 1650. The van der Waals surface area contributed by atoms with E-state index in [0.717, 1.165) is 16.7 Å². The van der Waals surface area contributed by atoms with Crippen molar-refractivity contribution in [2.75, 3.05) is 11.5 Å². The van der Waals surface area contributed by atoms with Crippen molar-refractivity contribution in [2.24, 2.45) is 0 Å². The smallest absolute Gasteiger partial charge is 0.301 e. The Morgan fingerprint density at radius 2 is 1.83 bits per heavy atom. The average Bonchev–Trinajstić information content (AvgIpc) is 3.54. The first-order valence-corrected chi connectivity index (χ1v) is 14.9. The summed E-state index contributed by atoms with van der Waals surface area (Å²) in [6.07, 6.45) is 1.64. The van der Waals surface area contributed by atoms with Crippen molar-refractivity contribution < 1.29 is 19.4 Å². The molecule has 1 aliphatic heterocycles. The molecule has 4 aromatic rings. The minimum atomic E-state index is -0.912. The quantitative estimate of drug-likeness (QED) is 0.0536. The van der Waals surface area contributed by atoms with Crippen LogP contribution < -0.4 is 9.64 Å². The zero-order valence-electron chi connectivity index (χ0n) is 22.3. The van der Waals surface area contributed by atoms with Gasteiger partial charge in [-0.1, -0.05) is 89.3 Å². The van der Waals surface area contributed by atoms with Crippen LogP contribution in [0.3, 0.4) is 0 Å². The van der Waals surface area contributed by atoms with Crippen LogP contribution in [0.15, 0.2) is 89.3 Å². The molecule has 5 rings (SSSR count). The number of aryl methyl sites for hydroxylation is 2. The third-order valence-corrected chi connectivity index (χ3v) is 8.91. The lowest BCUT2D eigenvalue weighted by Gasteiger charge is -2.23. The molecular weight excluding hydrogens is 578 g/mol. The SMILES string of the molecule is C=CCOc1ccc(C2/C(=C(\O)c3cc(C)ccc3C)C(=O)C(=O)N2c2nnc(SCc3ccc(Cl)cc3)s2)cc1. The second kappa shape index (κ2) is 12.3. The summed E-state index contributed by atoms with van der Waals surface area (Å²) in [7, 11) is 0. The number of hydrogen-bond acceptors (Lipinski definition) is 8. The van der Waals surface area contributed by atoms with Crippen LogP contribution in [0.4, 0.5) is 5.13 Å². The van der Waals surface area contributed by atoms with Gasteiger partial charge in [0, 0.05) is 16.3 Å². The van der Waals surface area contributed by atoms with Gasteiger partial charge in [-0.2, -0.15) is 0 Å². The van der Waals surface area contributed by atoms with E-state index >= 15 is 0 Å². The van der Waals surface area contributed by atoms with E-state index in [1.807, 2.05) is 50.2 Å². The van der Waals surface area contributed by atoms with E-state index in [9.17, 15) is 14.7 Å². The fourth-order valence-corrected chi connectivity index (χ4v) is 6.42. The van der Waals surface area contributed by atoms with Crippen LogP contribution in [0.1, 0.15) is 33.9 Å². The first-order valence-electron chi connectivity index (χ1n) is 12.7. The van der Waals surface area contributed by atoms with E-state index in [2.05, 4.69) is 16.8 Å². The number of thioether (sulfide) groups is 1. The Morgan fingerprint density at radius 3 is 2.54 bits per heavy atom. The lowest BCUT2D eigenvalue weighted by Crippen LogP contribution is -2.29. The molecule has 1 amide bonds. The highest BCUT2D eigenvalue weighted by molar-refractivity contribution is 8.00. The Hall–Kier alpha value is -3.92. The molecule has 0 radical (unpaired) electrons. The summed E-state index contributed by atoms with van der Waals surface area (Å²) >= 11 is 8.67. The summed E-state index contributed by atoms with van der Waals surface area (Å²) in [5.41, 5.74) is 3.86. The predicted molar refractivity (Wildman–Crippen MR) is 164 cm³/mol. The van der Waals surface area contributed by atoms with Gasteiger partial charge in [-0.25, -0.2) is 0 Å². The number of anilines is 1. The van der Waals surface area contributed by atoms with Crippen molar-refractivity contribution in [1.29, 1.82) is 0 Å². The molecule has 1 unspecified atom stereocenters. The van der Waals surface area contributed by atoms with Gasteiger partial charge in [-0.05, 0) is 60.9 Å². The van der Waals surface area contributed by atoms with Gasteiger partial charge in [-0.15, -0.1) is 10.2 Å². The molecule has 1 aromatic heterocycles. The number of aliphatic hydroxyl groups excluding tert-OH is 1. The fraction of sp³-hybridized carbons (Fsp3) is 0.161. The van der Waals surface area contributed by atoms with Gasteiger partial charge in [0.2, 0.25) is 5.13 Å². The number of nitrogens with zero attached hydrogens (tertiary/aromatic N) is 3. The number of aromatic nitrogens is 2. The number of carbonyl (C=O) groups excluding carboxylic acids is 2. The van der Waals surface area contributed by atoms with Crippen LogP contribution in [0.5, 0.6) is 5.75 Å². The summed E-state index contributed by atoms with van der Waals surface area (Å²) in [5, 5.41) is 21.0. The number of carbonyl (C=O) groups is 2. The van der Waals surface area contributed by atoms with Crippen LogP contribution in [0.25, 0.3) is 5.76 Å². The van der Waals surface area contributed by atoms with E-state index in [-0.39, 0.29) is 16.5 Å². The predicted octanol–water partition coefficient (Wildman–Crippen LogP) is 7.29. The molecule has 10 heteroatoms. The number of benzene rings is 3. The number of ether oxygens (including phenoxy) is 1. The molecule has 7 nitrogen and oxygen atoms in total. The Kier molecular flexibility index (Phi) is 8.58. The maximum atomic E-state index is 13.5. The number of halogens is 1. The van der Waals surface area contributed by atoms with Crippen molar-refractivity contribution >= 4 is 57.3 Å². The van der Waals surface area contributed by atoms with Gasteiger partial charge in [0.25, 0.3) is 5.78 Å². The highest BCUT2D eigenvalue weighted by atomic mass is 35.5. The van der Waals surface area contributed by atoms with Crippen molar-refractivity contribution in [3.05, 3.63) is 118 Å². The molecular formula is C31H26ClN3O4S2. The number of ketones is 1. The number of hydrogen-bond donors (Lipinski definition) is 1. The molecule has 1 N–H and O–H groups in total. The lowest BCUT2D eigenvalue weighted by atomic mass is 9.93. The summed E-state index contributed by atoms with van der Waals surface area (Å²) in [5.74, 6) is -0.555. The normalized spacial score (nSPS) is 16.3. The molecule has 41 heavy (non-hydrogen) atoms. The fourth-order valence-electron chi connectivity index (χ4n) is 4.47. The maximum Gasteiger partial charge on any atom is 0.301 e. The maximum absolute atomic E-state index is 13.5. The molecule has 0 bridgehead atoms. The van der Waals surface area contributed by atoms with E-state index in [4.69, 9.17) is 16.3 Å². The number of amides is 1. The highest BCUT2D eigenvalue weighted by Crippen LogP contribution is 2.44. The van der Waals surface area contributed by atoms with Crippen LogP contribution in [-0.2, 0) is 15.3 Å². The molecule has 1 saturated heterocycles. The van der Waals surface area contributed by atoms with Gasteiger partial charge in [0.05, 0.1) is 11.6 Å². The molecule has 208 valence electrons. The zero-order chi connectivity index (χ0) is 29.1. The second-order valence-corrected chi connectivity index (χ2v) is 12.0. The third-order valence-electron chi connectivity index (χ3n) is 6.53. The van der Waals surface area contributed by atoms with Crippen LogP contribution >= 0.6 is 34.7 Å². The van der Waals surface area contributed by atoms with Gasteiger partial charge in [-0.3, -0.25) is 14.5 Å². The molecule has 0 saturated carbocycles. The van der Waals surface area contributed by atoms with Gasteiger partial charge in [0.1, 0.15) is 18.1 Å². The largest absolute Gasteiger partial charge is 0.507 e. The van der Waals surface area contributed by atoms with Crippen LogP contribution in [0.2, 0.25) is 5.02 Å². The van der Waals surface area contributed by atoms with Gasteiger partial charge < -0.3 is 9.84 Å². The van der Waals surface area contributed by atoms with Crippen molar-refractivity contribution in [1.82, 2.24) is 10.2 Å². The molecule has 3 aromatic carbocycles. The first-order chi connectivity index (χ1) is 19.8. The first kappa shape index (κ1) is 28.6. The van der Waals surface area contributed by atoms with E-state index in [1.165, 1.54) is 28.0 Å². The Morgan fingerprint density at radius 1 is 1.10 bits per heavy atom. The van der Waals surface area contributed by atoms with E-state index < -0.39 is 17.7 Å². The summed E-state index contributed by atoms with van der Waals surface area (Å²) in [6, 6.07) is 19.3. The summed E-state index contributed by atoms with van der Waals surface area (Å²) in [6.45, 7) is 7.75. The van der Waals surface area contributed by atoms with Crippen molar-refractivity contribution in [3.8, 4) is 5.75 Å². The summed E-state index contributed by atoms with van der Waals surface area (Å²) in [4.78, 5) is 28.4. The monoisotopic (exact) mass is 603 g/mol. The number of aliphatic hydroxyl groups is 1. The molecule has 1 aliphatic rings. The Labute approximate surface area is 251 Å². The number of Topliss-reactive ketones (excluding diaryl/α,β-unsaturated/α-hetero) is 1. The summed E-state index contributed by atoms with van der Waals surface area (Å²) < 4.78 is 6.25. The van der Waals surface area contributed by atoms with Crippen molar-refractivity contribution in [2.45, 2.75) is 30.0 Å². The van der Waals surface area contributed by atoms with Crippen LogP contribution in [-0.4, -0.2) is 33.6 Å².